The third-order valence-corrected chi connectivity index (χ3v) is 5.16. The molecule has 26 heavy (non-hydrogen) atoms. The lowest BCUT2D eigenvalue weighted by Gasteiger charge is -2.20. The molecule has 1 aliphatic rings. The summed E-state index contributed by atoms with van der Waals surface area (Å²) in [6, 6.07) is 14.3. The van der Waals surface area contributed by atoms with Crippen LogP contribution in [0.2, 0.25) is 0 Å². The SMILES string of the molecule is O=C(O)c1ccc(-c2nn(C(=O)C3CCCCC3)c3ccccc23)cc1. The van der Waals surface area contributed by atoms with Crippen molar-refractivity contribution in [3.63, 3.8) is 0 Å². The average molecular weight is 348 g/mol. The molecule has 3 aromatic rings. The third-order valence-electron chi connectivity index (χ3n) is 5.16. The van der Waals surface area contributed by atoms with Crippen LogP contribution in [0.1, 0.15) is 47.3 Å². The molecule has 0 radical (unpaired) electrons. The Labute approximate surface area is 151 Å². The quantitative estimate of drug-likeness (QED) is 0.749. The van der Waals surface area contributed by atoms with E-state index in [-0.39, 0.29) is 17.4 Å². The number of benzene rings is 2. The van der Waals surface area contributed by atoms with Crippen molar-refractivity contribution < 1.29 is 14.7 Å². The highest BCUT2D eigenvalue weighted by atomic mass is 16.4. The minimum Gasteiger partial charge on any atom is -0.478 e. The molecule has 1 N–H and O–H groups in total. The van der Waals surface area contributed by atoms with Crippen molar-refractivity contribution in [2.24, 2.45) is 5.92 Å². The molecule has 0 spiro atoms. The van der Waals surface area contributed by atoms with Crippen LogP contribution in [0.5, 0.6) is 0 Å². The maximum absolute atomic E-state index is 13.0. The van der Waals surface area contributed by atoms with Crippen molar-refractivity contribution >= 4 is 22.8 Å². The van der Waals surface area contributed by atoms with Crippen LogP contribution in [0.25, 0.3) is 22.2 Å². The maximum atomic E-state index is 13.0. The summed E-state index contributed by atoms with van der Waals surface area (Å²) in [7, 11) is 0. The Hall–Kier alpha value is -2.95. The summed E-state index contributed by atoms with van der Waals surface area (Å²) >= 11 is 0. The largest absolute Gasteiger partial charge is 0.478 e. The predicted octanol–water partition coefficient (Wildman–Crippen LogP) is 4.62. The van der Waals surface area contributed by atoms with Crippen molar-refractivity contribution in [2.75, 3.05) is 0 Å². The normalized spacial score (nSPS) is 15.2. The summed E-state index contributed by atoms with van der Waals surface area (Å²) in [6.07, 6.45) is 5.24. The molecule has 1 aliphatic carbocycles. The van der Waals surface area contributed by atoms with E-state index >= 15 is 0 Å². The number of rotatable bonds is 3. The van der Waals surface area contributed by atoms with Gasteiger partial charge in [0.15, 0.2) is 0 Å². The van der Waals surface area contributed by atoms with Gasteiger partial charge in [-0.2, -0.15) is 9.78 Å². The van der Waals surface area contributed by atoms with E-state index in [9.17, 15) is 9.59 Å². The van der Waals surface area contributed by atoms with Crippen molar-refractivity contribution in [2.45, 2.75) is 32.1 Å². The number of hydrogen-bond donors (Lipinski definition) is 1. The van der Waals surface area contributed by atoms with E-state index in [0.29, 0.717) is 5.69 Å². The Balaban J connectivity index is 1.78. The summed E-state index contributed by atoms with van der Waals surface area (Å²) in [6.45, 7) is 0. The first-order chi connectivity index (χ1) is 12.6. The van der Waals surface area contributed by atoms with Gasteiger partial charge in [0, 0.05) is 16.9 Å². The first kappa shape index (κ1) is 16.5. The Kier molecular flexibility index (Phi) is 4.29. The van der Waals surface area contributed by atoms with Crippen LogP contribution in [0.15, 0.2) is 48.5 Å². The van der Waals surface area contributed by atoms with E-state index in [1.54, 1.807) is 28.9 Å². The van der Waals surface area contributed by atoms with Crippen LogP contribution in [-0.4, -0.2) is 26.8 Å². The molecule has 132 valence electrons. The number of carboxylic acids is 1. The standard InChI is InChI=1S/C21H20N2O3/c24-20(15-6-2-1-3-7-15)23-18-9-5-4-8-17(18)19(22-23)14-10-12-16(13-11-14)21(25)26/h4-5,8-13,15H,1-3,6-7H2,(H,25,26). The number of hydrogen-bond acceptors (Lipinski definition) is 3. The lowest BCUT2D eigenvalue weighted by Crippen LogP contribution is -2.24. The van der Waals surface area contributed by atoms with Gasteiger partial charge in [0.25, 0.3) is 5.91 Å². The molecule has 1 saturated carbocycles. The Morgan fingerprint density at radius 1 is 0.962 bits per heavy atom. The highest BCUT2D eigenvalue weighted by Gasteiger charge is 2.25. The van der Waals surface area contributed by atoms with Crippen LogP contribution in [0.3, 0.4) is 0 Å². The second-order valence-corrected chi connectivity index (χ2v) is 6.83. The van der Waals surface area contributed by atoms with Crippen molar-refractivity contribution in [3.8, 4) is 11.3 Å². The Morgan fingerprint density at radius 3 is 2.35 bits per heavy atom. The average Bonchev–Trinajstić information content (AvgIpc) is 3.08. The second kappa shape index (κ2) is 6.75. The van der Waals surface area contributed by atoms with Crippen LogP contribution < -0.4 is 0 Å². The van der Waals surface area contributed by atoms with Crippen molar-refractivity contribution in [1.82, 2.24) is 9.78 Å². The van der Waals surface area contributed by atoms with Gasteiger partial charge in [-0.3, -0.25) is 4.79 Å². The van der Waals surface area contributed by atoms with E-state index in [1.165, 1.54) is 6.42 Å². The van der Waals surface area contributed by atoms with Gasteiger partial charge in [0.05, 0.1) is 11.1 Å². The monoisotopic (exact) mass is 348 g/mol. The second-order valence-electron chi connectivity index (χ2n) is 6.83. The molecular formula is C21H20N2O3. The van der Waals surface area contributed by atoms with Crippen molar-refractivity contribution in [3.05, 3.63) is 54.1 Å². The molecule has 0 unspecified atom stereocenters. The fourth-order valence-corrected chi connectivity index (χ4v) is 3.74. The molecule has 0 bridgehead atoms. The highest BCUT2D eigenvalue weighted by molar-refractivity contribution is 5.99. The number of aromatic carboxylic acids is 1. The molecule has 1 aromatic heterocycles. The van der Waals surface area contributed by atoms with Gasteiger partial charge < -0.3 is 5.11 Å². The number of para-hydroxylation sites is 1. The van der Waals surface area contributed by atoms with E-state index in [1.807, 2.05) is 24.3 Å². The molecule has 0 aliphatic heterocycles. The lowest BCUT2D eigenvalue weighted by molar-refractivity contribution is 0.0696. The van der Waals surface area contributed by atoms with Gasteiger partial charge in [-0.15, -0.1) is 0 Å². The molecule has 5 heteroatoms. The molecular weight excluding hydrogens is 328 g/mol. The first-order valence-electron chi connectivity index (χ1n) is 9.01. The van der Waals surface area contributed by atoms with E-state index in [4.69, 9.17) is 5.11 Å². The third kappa shape index (κ3) is 2.90. The van der Waals surface area contributed by atoms with E-state index < -0.39 is 5.97 Å². The summed E-state index contributed by atoms with van der Waals surface area (Å²) in [5.41, 5.74) is 2.55. The van der Waals surface area contributed by atoms with Gasteiger partial charge in [-0.1, -0.05) is 49.6 Å². The molecule has 4 rings (SSSR count). The van der Waals surface area contributed by atoms with Crippen LogP contribution in [0, 0.1) is 5.92 Å². The molecule has 0 amide bonds. The summed E-state index contributed by atoms with van der Waals surface area (Å²) in [4.78, 5) is 24.1. The Morgan fingerprint density at radius 2 is 1.65 bits per heavy atom. The zero-order valence-electron chi connectivity index (χ0n) is 14.4. The number of carbonyl (C=O) groups is 2. The highest BCUT2D eigenvalue weighted by Crippen LogP contribution is 2.31. The number of fused-ring (bicyclic) bond motifs is 1. The first-order valence-corrected chi connectivity index (χ1v) is 9.01. The summed E-state index contributed by atoms with van der Waals surface area (Å²) < 4.78 is 1.55. The van der Waals surface area contributed by atoms with Gasteiger partial charge in [-0.25, -0.2) is 4.79 Å². The van der Waals surface area contributed by atoms with Gasteiger partial charge in [-0.05, 0) is 31.0 Å². The van der Waals surface area contributed by atoms with Gasteiger partial charge in [0.1, 0.15) is 5.69 Å². The van der Waals surface area contributed by atoms with Crippen LogP contribution in [0.4, 0.5) is 0 Å². The van der Waals surface area contributed by atoms with Crippen LogP contribution >= 0.6 is 0 Å². The minimum absolute atomic E-state index is 0.0364. The molecule has 1 fully saturated rings. The molecule has 0 saturated heterocycles. The predicted molar refractivity (Wildman–Crippen MR) is 99.3 cm³/mol. The van der Waals surface area contributed by atoms with Gasteiger partial charge in [0.2, 0.25) is 0 Å². The molecule has 1 heterocycles. The number of carboxylic acid groups (broad SMARTS) is 1. The zero-order valence-corrected chi connectivity index (χ0v) is 14.4. The number of carbonyl (C=O) groups excluding carboxylic acids is 1. The number of aromatic nitrogens is 2. The Bertz CT molecular complexity index is 967. The van der Waals surface area contributed by atoms with Crippen LogP contribution in [-0.2, 0) is 0 Å². The lowest BCUT2D eigenvalue weighted by atomic mass is 9.89. The smallest absolute Gasteiger partial charge is 0.335 e. The minimum atomic E-state index is -0.959. The zero-order chi connectivity index (χ0) is 18.1. The molecule has 0 atom stereocenters. The topological polar surface area (TPSA) is 72.2 Å². The van der Waals surface area contributed by atoms with E-state index in [2.05, 4.69) is 5.10 Å². The molecule has 2 aromatic carbocycles. The maximum Gasteiger partial charge on any atom is 0.335 e. The van der Waals surface area contributed by atoms with Crippen molar-refractivity contribution in [1.29, 1.82) is 0 Å². The summed E-state index contributed by atoms with van der Waals surface area (Å²) in [5, 5.41) is 14.6. The fraction of sp³-hybridized carbons (Fsp3) is 0.286. The van der Waals surface area contributed by atoms with Gasteiger partial charge >= 0.3 is 5.97 Å². The summed E-state index contributed by atoms with van der Waals surface area (Å²) in [5.74, 6) is -0.858. The fourth-order valence-electron chi connectivity index (χ4n) is 3.74. The van der Waals surface area contributed by atoms with E-state index in [0.717, 1.165) is 42.1 Å². The number of nitrogens with zero attached hydrogens (tertiary/aromatic N) is 2. The molecule has 5 nitrogen and oxygen atoms in total.